The molecule has 0 aromatic heterocycles. The summed E-state index contributed by atoms with van der Waals surface area (Å²) < 4.78 is 21.9. The van der Waals surface area contributed by atoms with Crippen molar-refractivity contribution in [2.45, 2.75) is 26.2 Å². The van der Waals surface area contributed by atoms with Crippen LogP contribution in [-0.2, 0) is 14.9 Å². The van der Waals surface area contributed by atoms with E-state index in [1.54, 1.807) is 0 Å². The van der Waals surface area contributed by atoms with Gasteiger partial charge in [0.1, 0.15) is 0 Å². The van der Waals surface area contributed by atoms with Gasteiger partial charge in [-0.2, -0.15) is 0 Å². The molecule has 0 amide bonds. The molecule has 0 aliphatic carbocycles. The number of hydrogen-bond donors (Lipinski definition) is 1. The highest BCUT2D eigenvalue weighted by Crippen LogP contribution is 1.93. The van der Waals surface area contributed by atoms with Crippen molar-refractivity contribution in [3.05, 3.63) is 12.7 Å². The Morgan fingerprint density at radius 3 is 2.69 bits per heavy atom. The summed E-state index contributed by atoms with van der Waals surface area (Å²) >= 11 is 0. The van der Waals surface area contributed by atoms with Gasteiger partial charge in [0.05, 0.1) is 12.4 Å². The molecule has 0 aliphatic heterocycles. The molecule has 1 N–H and O–H groups in total. The van der Waals surface area contributed by atoms with Gasteiger partial charge in [-0.1, -0.05) is 30.7 Å². The quantitative estimate of drug-likeness (QED) is 0.370. The van der Waals surface area contributed by atoms with Gasteiger partial charge in [0.2, 0.25) is 10.0 Å². The molecule has 0 radical (unpaired) electrons. The van der Waals surface area contributed by atoms with Crippen molar-refractivity contribution in [3.8, 4) is 0 Å². The summed E-state index contributed by atoms with van der Waals surface area (Å²) in [5, 5.41) is 0. The van der Waals surface area contributed by atoms with Gasteiger partial charge in [-0.25, -0.2) is 8.42 Å². The summed E-state index contributed by atoms with van der Waals surface area (Å²) in [6.45, 7) is 5.82. The Morgan fingerprint density at radius 1 is 1.46 bits per heavy atom. The Kier molecular flexibility index (Phi) is 6.84. The van der Waals surface area contributed by atoms with Gasteiger partial charge >= 0.3 is 0 Å². The molecule has 0 aromatic rings. The van der Waals surface area contributed by atoms with Crippen LogP contribution in [0.15, 0.2) is 12.7 Å². The summed E-state index contributed by atoms with van der Waals surface area (Å²) in [5.41, 5.74) is 0. The van der Waals surface area contributed by atoms with Crippen molar-refractivity contribution < 1.29 is 13.3 Å². The zero-order chi connectivity index (χ0) is 10.2. The minimum Gasteiger partial charge on any atom is -0.287 e. The smallest absolute Gasteiger partial charge is 0.237 e. The van der Waals surface area contributed by atoms with Crippen molar-refractivity contribution in [2.24, 2.45) is 0 Å². The molecule has 13 heavy (non-hydrogen) atoms. The van der Waals surface area contributed by atoms with Crippen molar-refractivity contribution in [3.63, 3.8) is 0 Å². The first-order chi connectivity index (χ1) is 6.12. The van der Waals surface area contributed by atoms with Crippen LogP contribution in [0.1, 0.15) is 26.2 Å². The largest absolute Gasteiger partial charge is 0.287 e. The fourth-order valence-electron chi connectivity index (χ4n) is 0.745. The van der Waals surface area contributed by atoms with E-state index >= 15 is 0 Å². The lowest BCUT2D eigenvalue weighted by atomic mass is 10.3. The maximum absolute atomic E-state index is 11.0. The summed E-state index contributed by atoms with van der Waals surface area (Å²) in [4.78, 5) is 6.79. The third-order valence-electron chi connectivity index (χ3n) is 1.37. The van der Waals surface area contributed by atoms with Crippen LogP contribution in [0.3, 0.4) is 0 Å². The number of rotatable bonds is 8. The van der Waals surface area contributed by atoms with E-state index in [4.69, 9.17) is 4.84 Å². The van der Waals surface area contributed by atoms with Crippen LogP contribution in [0.5, 0.6) is 0 Å². The van der Waals surface area contributed by atoms with Crippen molar-refractivity contribution >= 4 is 10.0 Å². The topological polar surface area (TPSA) is 55.4 Å². The molecule has 0 spiro atoms. The zero-order valence-corrected chi connectivity index (χ0v) is 8.77. The van der Waals surface area contributed by atoms with Crippen molar-refractivity contribution in [1.29, 1.82) is 0 Å². The van der Waals surface area contributed by atoms with Crippen LogP contribution in [0, 0.1) is 0 Å². The fourth-order valence-corrected chi connectivity index (χ4v) is 1.39. The van der Waals surface area contributed by atoms with E-state index in [2.05, 4.69) is 13.5 Å². The maximum Gasteiger partial charge on any atom is 0.237 e. The van der Waals surface area contributed by atoms with Crippen molar-refractivity contribution in [2.75, 3.05) is 12.4 Å². The van der Waals surface area contributed by atoms with E-state index in [1.165, 1.54) is 6.08 Å². The predicted octanol–water partition coefficient (Wildman–Crippen LogP) is 1.21. The fraction of sp³-hybridized carbons (Fsp3) is 0.750. The SMILES string of the molecule is C=CCS(=O)(=O)NOCCCCC. The maximum atomic E-state index is 11.0. The van der Waals surface area contributed by atoms with E-state index < -0.39 is 10.0 Å². The molecule has 0 saturated carbocycles. The Balaban J connectivity index is 3.46. The van der Waals surface area contributed by atoms with Crippen LogP contribution in [-0.4, -0.2) is 20.8 Å². The third-order valence-corrected chi connectivity index (χ3v) is 2.42. The second-order valence-corrected chi connectivity index (χ2v) is 4.44. The monoisotopic (exact) mass is 207 g/mol. The molecular formula is C8H17NO3S. The lowest BCUT2D eigenvalue weighted by molar-refractivity contribution is 0.0902. The van der Waals surface area contributed by atoms with Gasteiger partial charge in [0, 0.05) is 0 Å². The first-order valence-electron chi connectivity index (χ1n) is 4.34. The lowest BCUT2D eigenvalue weighted by Crippen LogP contribution is -2.26. The summed E-state index contributed by atoms with van der Waals surface area (Å²) in [7, 11) is -3.31. The van der Waals surface area contributed by atoms with E-state index in [0.717, 1.165) is 19.3 Å². The predicted molar refractivity (Wildman–Crippen MR) is 52.6 cm³/mol. The second-order valence-electron chi connectivity index (χ2n) is 2.71. The molecular weight excluding hydrogens is 190 g/mol. The molecule has 0 aromatic carbocycles. The van der Waals surface area contributed by atoms with Crippen LogP contribution >= 0.6 is 0 Å². The number of sulfonamides is 1. The number of unbranched alkanes of at least 4 members (excludes halogenated alkanes) is 2. The minimum atomic E-state index is -3.31. The Hall–Kier alpha value is -0.390. The number of nitrogens with one attached hydrogen (secondary N) is 1. The molecule has 5 heteroatoms. The van der Waals surface area contributed by atoms with Gasteiger partial charge in [0.15, 0.2) is 0 Å². The third kappa shape index (κ3) is 7.95. The van der Waals surface area contributed by atoms with Crippen LogP contribution in [0.25, 0.3) is 0 Å². The Labute approximate surface area is 80.0 Å². The highest BCUT2D eigenvalue weighted by atomic mass is 32.2. The molecule has 0 bridgehead atoms. The van der Waals surface area contributed by atoms with Gasteiger partial charge in [-0.15, -0.1) is 6.58 Å². The first-order valence-corrected chi connectivity index (χ1v) is 5.99. The summed E-state index contributed by atoms with van der Waals surface area (Å²) in [6, 6.07) is 0. The highest BCUT2D eigenvalue weighted by Gasteiger charge is 2.05. The van der Waals surface area contributed by atoms with Crippen LogP contribution < -0.4 is 4.89 Å². The van der Waals surface area contributed by atoms with E-state index in [-0.39, 0.29) is 5.75 Å². The molecule has 78 valence electrons. The average Bonchev–Trinajstić information content (AvgIpc) is 2.04. The molecule has 0 aliphatic rings. The van der Waals surface area contributed by atoms with Gasteiger partial charge in [0.25, 0.3) is 0 Å². The molecule has 0 rings (SSSR count). The van der Waals surface area contributed by atoms with E-state index in [9.17, 15) is 8.42 Å². The van der Waals surface area contributed by atoms with Crippen LogP contribution in [0.2, 0.25) is 0 Å². The Bertz CT molecular complexity index is 224. The minimum absolute atomic E-state index is 0.110. The van der Waals surface area contributed by atoms with Gasteiger partial charge < -0.3 is 0 Å². The Morgan fingerprint density at radius 2 is 2.15 bits per heavy atom. The molecule has 0 unspecified atom stereocenters. The molecule has 0 fully saturated rings. The molecule has 0 atom stereocenters. The molecule has 0 saturated heterocycles. The highest BCUT2D eigenvalue weighted by molar-refractivity contribution is 7.89. The first kappa shape index (κ1) is 12.6. The van der Waals surface area contributed by atoms with Crippen LogP contribution in [0.4, 0.5) is 0 Å². The second kappa shape index (κ2) is 7.06. The summed E-state index contributed by atoms with van der Waals surface area (Å²) in [5.74, 6) is -0.110. The standard InChI is InChI=1S/C8H17NO3S/c1-3-5-6-7-12-9-13(10,11)8-4-2/h4,9H,2-3,5-8H2,1H3. The zero-order valence-electron chi connectivity index (χ0n) is 7.95. The van der Waals surface area contributed by atoms with Gasteiger partial charge in [-0.05, 0) is 6.42 Å². The average molecular weight is 207 g/mol. The van der Waals surface area contributed by atoms with Crippen molar-refractivity contribution in [1.82, 2.24) is 4.89 Å². The lowest BCUT2D eigenvalue weighted by Gasteiger charge is -2.04. The van der Waals surface area contributed by atoms with Gasteiger partial charge in [-0.3, -0.25) is 4.84 Å². The molecule has 4 nitrogen and oxygen atoms in total. The van der Waals surface area contributed by atoms with E-state index in [0.29, 0.717) is 6.61 Å². The summed E-state index contributed by atoms with van der Waals surface area (Å²) in [6.07, 6.45) is 4.32. The van der Waals surface area contributed by atoms with E-state index in [1.807, 2.05) is 4.89 Å². The molecule has 0 heterocycles. The normalized spacial score (nSPS) is 11.5. The number of hydrogen-bond acceptors (Lipinski definition) is 3.